The van der Waals surface area contributed by atoms with E-state index in [1.54, 1.807) is 31.6 Å². The van der Waals surface area contributed by atoms with Crippen LogP contribution in [0.5, 0.6) is 0 Å². The molecule has 13 heteroatoms. The predicted molar refractivity (Wildman–Crippen MR) is 127 cm³/mol. The summed E-state index contributed by atoms with van der Waals surface area (Å²) in [5.41, 5.74) is -0.0159. The van der Waals surface area contributed by atoms with Crippen LogP contribution in [-0.4, -0.2) is 43.1 Å². The van der Waals surface area contributed by atoms with Crippen molar-refractivity contribution in [3.05, 3.63) is 63.6 Å². The Bertz CT molecular complexity index is 1160. The number of nitrogens with one attached hydrogen (secondary N) is 3. The average molecular weight is 532 g/mol. The van der Waals surface area contributed by atoms with Crippen LogP contribution in [0.1, 0.15) is 36.7 Å². The lowest BCUT2D eigenvalue weighted by Crippen LogP contribution is -2.49. The predicted octanol–water partition coefficient (Wildman–Crippen LogP) is 3.60. The van der Waals surface area contributed by atoms with Crippen LogP contribution in [0.3, 0.4) is 0 Å². The van der Waals surface area contributed by atoms with Gasteiger partial charge >= 0.3 is 22.3 Å². The van der Waals surface area contributed by atoms with E-state index in [2.05, 4.69) is 5.32 Å². The molecule has 34 heavy (non-hydrogen) atoms. The molecule has 1 atom stereocenters. The maximum absolute atomic E-state index is 12.5. The SMILES string of the molecule is CC(C)(C)OC(=O)NS(=O)(=O)N[C@@H](Cc1ccc(NC(=O)c2c(Cl)cccc2Cl)cc1)C(=O)O. The average Bonchev–Trinajstić information content (AvgIpc) is 2.66. The number of carbonyl (C=O) groups excluding carboxylic acids is 2. The Balaban J connectivity index is 2.06. The van der Waals surface area contributed by atoms with Crippen LogP contribution in [0, 0.1) is 0 Å². The Labute approximate surface area is 206 Å². The molecule has 2 aromatic carbocycles. The van der Waals surface area contributed by atoms with Crippen molar-refractivity contribution in [3.63, 3.8) is 0 Å². The highest BCUT2D eigenvalue weighted by atomic mass is 35.5. The van der Waals surface area contributed by atoms with Crippen molar-refractivity contribution in [3.8, 4) is 0 Å². The highest BCUT2D eigenvalue weighted by Gasteiger charge is 2.27. The van der Waals surface area contributed by atoms with E-state index in [1.807, 2.05) is 4.72 Å². The third-order valence-corrected chi connectivity index (χ3v) is 5.71. The number of carboxylic acid groups (broad SMARTS) is 1. The van der Waals surface area contributed by atoms with E-state index < -0.39 is 39.8 Å². The van der Waals surface area contributed by atoms with Crippen LogP contribution in [-0.2, 0) is 26.2 Å². The smallest absolute Gasteiger partial charge is 0.422 e. The van der Waals surface area contributed by atoms with Gasteiger partial charge < -0.3 is 15.2 Å². The fourth-order valence-corrected chi connectivity index (χ4v) is 4.12. The van der Waals surface area contributed by atoms with Gasteiger partial charge in [-0.25, -0.2) is 9.52 Å². The molecule has 0 fully saturated rings. The van der Waals surface area contributed by atoms with Gasteiger partial charge in [-0.3, -0.25) is 9.59 Å². The molecule has 0 aliphatic rings. The maximum atomic E-state index is 12.5. The molecule has 184 valence electrons. The van der Waals surface area contributed by atoms with E-state index in [-0.39, 0.29) is 22.0 Å². The van der Waals surface area contributed by atoms with Gasteiger partial charge in [-0.15, -0.1) is 0 Å². The normalized spacial score (nSPS) is 12.5. The second kappa shape index (κ2) is 11.0. The van der Waals surface area contributed by atoms with Crippen molar-refractivity contribution in [2.75, 3.05) is 5.32 Å². The molecular formula is C21H23Cl2N3O7S. The van der Waals surface area contributed by atoms with Gasteiger partial charge in [0.2, 0.25) is 0 Å². The molecule has 0 radical (unpaired) electrons. The number of carboxylic acids is 1. The Morgan fingerprint density at radius 1 is 1.03 bits per heavy atom. The van der Waals surface area contributed by atoms with Gasteiger partial charge in [-0.1, -0.05) is 41.4 Å². The van der Waals surface area contributed by atoms with Gasteiger partial charge in [0.25, 0.3) is 5.91 Å². The second-order valence-electron chi connectivity index (χ2n) is 8.07. The van der Waals surface area contributed by atoms with Gasteiger partial charge in [0, 0.05) is 5.69 Å². The van der Waals surface area contributed by atoms with E-state index in [0.717, 1.165) is 0 Å². The molecule has 0 aromatic heterocycles. The first-order chi connectivity index (χ1) is 15.7. The third-order valence-electron chi connectivity index (χ3n) is 4.05. The first kappa shape index (κ1) is 27.4. The summed E-state index contributed by atoms with van der Waals surface area (Å²) >= 11 is 12.1. The van der Waals surface area contributed by atoms with Gasteiger partial charge in [0.15, 0.2) is 0 Å². The highest BCUT2D eigenvalue weighted by molar-refractivity contribution is 7.88. The van der Waals surface area contributed by atoms with E-state index in [0.29, 0.717) is 11.3 Å². The number of ether oxygens (including phenoxy) is 1. The molecule has 0 aliphatic carbocycles. The first-order valence-corrected chi connectivity index (χ1v) is 12.0. The lowest BCUT2D eigenvalue weighted by atomic mass is 10.1. The van der Waals surface area contributed by atoms with Gasteiger partial charge in [0.05, 0.1) is 15.6 Å². The Morgan fingerprint density at radius 3 is 2.09 bits per heavy atom. The summed E-state index contributed by atoms with van der Waals surface area (Å²) in [7, 11) is -4.52. The van der Waals surface area contributed by atoms with Crippen molar-refractivity contribution in [1.82, 2.24) is 9.44 Å². The zero-order valence-corrected chi connectivity index (χ0v) is 20.7. The molecule has 10 nitrogen and oxygen atoms in total. The quantitative estimate of drug-likeness (QED) is 0.406. The number of aliphatic carboxylic acids is 1. The van der Waals surface area contributed by atoms with Crippen molar-refractivity contribution in [1.29, 1.82) is 0 Å². The molecule has 0 saturated heterocycles. The number of amides is 2. The minimum absolute atomic E-state index is 0.104. The zero-order chi connectivity index (χ0) is 25.7. The van der Waals surface area contributed by atoms with Crippen molar-refractivity contribution in [2.24, 2.45) is 0 Å². The highest BCUT2D eigenvalue weighted by Crippen LogP contribution is 2.25. The number of hydrogen-bond donors (Lipinski definition) is 4. The standard InChI is InChI=1S/C21H23Cl2N3O7S/c1-21(2,3)33-20(30)26-34(31,32)25-16(19(28)29)11-12-7-9-13(10-8-12)24-18(27)17-14(22)5-4-6-15(17)23/h4-10,16,25H,11H2,1-3H3,(H,24,27)(H,26,30)(H,28,29)/t16-/m0/s1. The second-order valence-corrected chi connectivity index (χ2v) is 10.3. The third kappa shape index (κ3) is 8.49. The minimum atomic E-state index is -4.52. The number of halogens is 2. The first-order valence-electron chi connectivity index (χ1n) is 9.77. The van der Waals surface area contributed by atoms with E-state index >= 15 is 0 Å². The van der Waals surface area contributed by atoms with Crippen LogP contribution in [0.15, 0.2) is 42.5 Å². The lowest BCUT2D eigenvalue weighted by molar-refractivity contribution is -0.138. The minimum Gasteiger partial charge on any atom is -0.480 e. The van der Waals surface area contributed by atoms with Crippen LogP contribution < -0.4 is 14.8 Å². The summed E-state index contributed by atoms with van der Waals surface area (Å²) < 4.78 is 32.6. The summed E-state index contributed by atoms with van der Waals surface area (Å²) in [6.45, 7) is 4.63. The summed E-state index contributed by atoms with van der Waals surface area (Å²) in [4.78, 5) is 35.7. The number of rotatable bonds is 8. The molecule has 4 N–H and O–H groups in total. The largest absolute Gasteiger partial charge is 0.480 e. The summed E-state index contributed by atoms with van der Waals surface area (Å²) in [5.74, 6) is -1.99. The van der Waals surface area contributed by atoms with E-state index in [4.69, 9.17) is 27.9 Å². The summed E-state index contributed by atoms with van der Waals surface area (Å²) in [6, 6.07) is 9.10. The molecular weight excluding hydrogens is 509 g/mol. The monoisotopic (exact) mass is 531 g/mol. The van der Waals surface area contributed by atoms with Crippen LogP contribution in [0.2, 0.25) is 10.0 Å². The van der Waals surface area contributed by atoms with Gasteiger partial charge in [-0.05, 0) is 57.0 Å². The Morgan fingerprint density at radius 2 is 1.59 bits per heavy atom. The van der Waals surface area contributed by atoms with Crippen molar-refractivity contribution in [2.45, 2.75) is 38.8 Å². The number of benzene rings is 2. The van der Waals surface area contributed by atoms with Crippen LogP contribution >= 0.6 is 23.2 Å². The molecule has 2 amide bonds. The molecule has 0 bridgehead atoms. The number of anilines is 1. The number of carbonyl (C=O) groups is 3. The number of hydrogen-bond acceptors (Lipinski definition) is 6. The molecule has 0 aliphatic heterocycles. The molecule has 0 heterocycles. The zero-order valence-electron chi connectivity index (χ0n) is 18.4. The van der Waals surface area contributed by atoms with E-state index in [1.165, 1.54) is 36.4 Å². The van der Waals surface area contributed by atoms with Crippen molar-refractivity contribution >= 4 is 57.1 Å². The van der Waals surface area contributed by atoms with Crippen LogP contribution in [0.4, 0.5) is 10.5 Å². The molecule has 0 saturated carbocycles. The Kier molecular flexibility index (Phi) is 8.89. The topological polar surface area (TPSA) is 151 Å². The van der Waals surface area contributed by atoms with E-state index in [9.17, 15) is 27.9 Å². The van der Waals surface area contributed by atoms with Gasteiger partial charge in [0.1, 0.15) is 11.6 Å². The van der Waals surface area contributed by atoms with Gasteiger partial charge in [-0.2, -0.15) is 13.1 Å². The molecule has 0 spiro atoms. The maximum Gasteiger partial charge on any atom is 0.422 e. The molecule has 2 rings (SSSR count). The fraction of sp³-hybridized carbons (Fsp3) is 0.286. The Hall–Kier alpha value is -2.86. The van der Waals surface area contributed by atoms with Crippen LogP contribution in [0.25, 0.3) is 0 Å². The summed E-state index contributed by atoms with van der Waals surface area (Å²) in [5, 5.41) is 12.4. The molecule has 0 unspecified atom stereocenters. The lowest BCUT2D eigenvalue weighted by Gasteiger charge is -2.20. The fourth-order valence-electron chi connectivity index (χ4n) is 2.67. The van der Waals surface area contributed by atoms with Crippen molar-refractivity contribution < 1.29 is 32.6 Å². The summed E-state index contributed by atoms with van der Waals surface area (Å²) in [6.07, 6.45) is -1.49. The molecule has 2 aromatic rings.